The molecule has 5 nitrogen and oxygen atoms in total. The second-order valence-corrected chi connectivity index (χ2v) is 7.28. The van der Waals surface area contributed by atoms with Gasteiger partial charge in [-0.15, -0.1) is 0 Å². The molecule has 0 spiro atoms. The van der Waals surface area contributed by atoms with E-state index >= 15 is 0 Å². The van der Waals surface area contributed by atoms with Crippen molar-refractivity contribution in [3.8, 4) is 0 Å². The Morgan fingerprint density at radius 3 is 2.19 bits per heavy atom. The van der Waals surface area contributed by atoms with Gasteiger partial charge >= 0.3 is 5.97 Å². The van der Waals surface area contributed by atoms with Crippen LogP contribution in [0.1, 0.15) is 53.4 Å². The highest BCUT2D eigenvalue weighted by Crippen LogP contribution is 2.27. The van der Waals surface area contributed by atoms with Gasteiger partial charge in [-0.3, -0.25) is 9.59 Å². The quantitative estimate of drug-likeness (QED) is 0.816. The van der Waals surface area contributed by atoms with Gasteiger partial charge in [0.05, 0.1) is 6.42 Å². The lowest BCUT2D eigenvalue weighted by Gasteiger charge is -2.39. The fourth-order valence-electron chi connectivity index (χ4n) is 3.00. The summed E-state index contributed by atoms with van der Waals surface area (Å²) in [6, 6.07) is 0.842. The van der Waals surface area contributed by atoms with Crippen LogP contribution in [0.4, 0.5) is 0 Å². The van der Waals surface area contributed by atoms with Crippen molar-refractivity contribution in [2.24, 2.45) is 5.41 Å². The van der Waals surface area contributed by atoms with Crippen molar-refractivity contribution in [2.75, 3.05) is 20.1 Å². The predicted molar refractivity (Wildman–Crippen MR) is 83.2 cm³/mol. The molecule has 1 aliphatic rings. The lowest BCUT2D eigenvalue weighted by atomic mass is 9.85. The van der Waals surface area contributed by atoms with E-state index in [1.165, 1.54) is 0 Å². The summed E-state index contributed by atoms with van der Waals surface area (Å²) >= 11 is 0. The summed E-state index contributed by atoms with van der Waals surface area (Å²) in [5.41, 5.74) is -0.490. The van der Waals surface area contributed by atoms with Crippen LogP contribution in [-0.2, 0) is 9.59 Å². The second-order valence-electron chi connectivity index (χ2n) is 7.28. The third-order valence-corrected chi connectivity index (χ3v) is 4.43. The van der Waals surface area contributed by atoms with Gasteiger partial charge in [0.1, 0.15) is 0 Å². The normalized spacial score (nSPS) is 18.0. The van der Waals surface area contributed by atoms with E-state index in [1.54, 1.807) is 0 Å². The summed E-state index contributed by atoms with van der Waals surface area (Å²) in [4.78, 5) is 27.5. The van der Waals surface area contributed by atoms with Gasteiger partial charge in [-0.25, -0.2) is 0 Å². The SMILES string of the molecule is CC(C)N1CCC(N(C)C(=O)CC(C)(C)CC(=O)O)CC1. The van der Waals surface area contributed by atoms with Crippen molar-refractivity contribution in [1.82, 2.24) is 9.80 Å². The van der Waals surface area contributed by atoms with E-state index in [-0.39, 0.29) is 18.4 Å². The summed E-state index contributed by atoms with van der Waals surface area (Å²) in [5, 5.41) is 8.90. The molecule has 0 unspecified atom stereocenters. The lowest BCUT2D eigenvalue weighted by molar-refractivity contribution is -0.141. The Bertz CT molecular complexity index is 372. The minimum atomic E-state index is -0.847. The highest BCUT2D eigenvalue weighted by molar-refractivity contribution is 5.78. The van der Waals surface area contributed by atoms with Crippen molar-refractivity contribution >= 4 is 11.9 Å². The number of amides is 1. The van der Waals surface area contributed by atoms with Gasteiger partial charge in [-0.05, 0) is 32.1 Å². The number of nitrogens with zero attached hydrogens (tertiary/aromatic N) is 2. The zero-order valence-electron chi connectivity index (χ0n) is 14.1. The van der Waals surface area contributed by atoms with Crippen molar-refractivity contribution in [1.29, 1.82) is 0 Å². The Labute approximate surface area is 128 Å². The maximum absolute atomic E-state index is 12.4. The number of rotatable bonds is 6. The molecule has 1 N–H and O–H groups in total. The average molecular weight is 298 g/mol. The Morgan fingerprint density at radius 2 is 1.76 bits per heavy atom. The number of piperidine rings is 1. The number of carboxylic acids is 1. The minimum Gasteiger partial charge on any atom is -0.481 e. The Balaban J connectivity index is 2.50. The summed E-state index contributed by atoms with van der Waals surface area (Å²) < 4.78 is 0. The number of hydrogen-bond donors (Lipinski definition) is 1. The van der Waals surface area contributed by atoms with Gasteiger partial charge in [0.15, 0.2) is 0 Å². The molecule has 1 rings (SSSR count). The molecule has 21 heavy (non-hydrogen) atoms. The highest BCUT2D eigenvalue weighted by Gasteiger charge is 2.30. The van der Waals surface area contributed by atoms with Crippen LogP contribution in [-0.4, -0.2) is 59.0 Å². The van der Waals surface area contributed by atoms with E-state index in [4.69, 9.17) is 5.11 Å². The zero-order valence-corrected chi connectivity index (χ0v) is 14.1. The molecule has 1 heterocycles. The van der Waals surface area contributed by atoms with Crippen LogP contribution < -0.4 is 0 Å². The molecular weight excluding hydrogens is 268 g/mol. The maximum Gasteiger partial charge on any atom is 0.303 e. The number of aliphatic carboxylic acids is 1. The van der Waals surface area contributed by atoms with Crippen molar-refractivity contribution in [2.45, 2.75) is 65.5 Å². The molecule has 0 radical (unpaired) electrons. The Morgan fingerprint density at radius 1 is 1.24 bits per heavy atom. The second kappa shape index (κ2) is 7.25. The molecular formula is C16H30N2O3. The van der Waals surface area contributed by atoms with Crippen molar-refractivity contribution in [3.63, 3.8) is 0 Å². The molecule has 0 atom stereocenters. The van der Waals surface area contributed by atoms with Crippen LogP contribution in [0.3, 0.4) is 0 Å². The lowest BCUT2D eigenvalue weighted by Crippen LogP contribution is -2.48. The fourth-order valence-corrected chi connectivity index (χ4v) is 3.00. The van der Waals surface area contributed by atoms with Gasteiger partial charge < -0.3 is 14.9 Å². The maximum atomic E-state index is 12.4. The molecule has 122 valence electrons. The molecule has 1 aliphatic heterocycles. The largest absolute Gasteiger partial charge is 0.481 e. The molecule has 0 aliphatic carbocycles. The van der Waals surface area contributed by atoms with Crippen LogP contribution in [0.2, 0.25) is 0 Å². The Hall–Kier alpha value is -1.10. The standard InChI is InChI=1S/C16H30N2O3/c1-12(2)18-8-6-13(7-9-18)17(5)14(19)10-16(3,4)11-15(20)21/h12-13H,6-11H2,1-5H3,(H,20,21). The van der Waals surface area contributed by atoms with Crippen LogP contribution in [0, 0.1) is 5.41 Å². The van der Waals surface area contributed by atoms with Gasteiger partial charge in [-0.2, -0.15) is 0 Å². The first-order valence-corrected chi connectivity index (χ1v) is 7.84. The summed E-state index contributed by atoms with van der Waals surface area (Å²) in [5.74, 6) is -0.787. The van der Waals surface area contributed by atoms with Crippen LogP contribution in [0.25, 0.3) is 0 Å². The van der Waals surface area contributed by atoms with E-state index in [0.29, 0.717) is 12.5 Å². The predicted octanol–water partition coefficient (Wildman–Crippen LogP) is 2.21. The summed E-state index contributed by atoms with van der Waals surface area (Å²) in [6.45, 7) is 10.1. The minimum absolute atomic E-state index is 0.0262. The first-order chi connectivity index (χ1) is 9.62. The molecule has 0 aromatic heterocycles. The van der Waals surface area contributed by atoms with Crippen molar-refractivity contribution in [3.05, 3.63) is 0 Å². The number of carboxylic acid groups (broad SMARTS) is 1. The average Bonchev–Trinajstić information content (AvgIpc) is 2.35. The third-order valence-electron chi connectivity index (χ3n) is 4.43. The molecule has 0 aromatic rings. The highest BCUT2D eigenvalue weighted by atomic mass is 16.4. The Kier molecular flexibility index (Phi) is 6.20. The zero-order chi connectivity index (χ0) is 16.2. The molecule has 1 fully saturated rings. The first kappa shape index (κ1) is 18.0. The van der Waals surface area contributed by atoms with Gasteiger partial charge in [0.25, 0.3) is 0 Å². The molecule has 1 saturated heterocycles. The smallest absolute Gasteiger partial charge is 0.303 e. The summed E-state index contributed by atoms with van der Waals surface area (Å²) in [7, 11) is 1.86. The van der Waals surface area contributed by atoms with Crippen LogP contribution in [0.5, 0.6) is 0 Å². The molecule has 0 aromatic carbocycles. The number of carbonyl (C=O) groups excluding carboxylic acids is 1. The van der Waals surface area contributed by atoms with E-state index in [2.05, 4.69) is 18.7 Å². The monoisotopic (exact) mass is 298 g/mol. The van der Waals surface area contributed by atoms with Gasteiger partial charge in [0.2, 0.25) is 5.91 Å². The van der Waals surface area contributed by atoms with Gasteiger partial charge in [0, 0.05) is 38.6 Å². The molecule has 0 bridgehead atoms. The molecule has 5 heteroatoms. The molecule has 1 amide bonds. The first-order valence-electron chi connectivity index (χ1n) is 7.84. The third kappa shape index (κ3) is 5.65. The fraction of sp³-hybridized carbons (Fsp3) is 0.875. The number of carbonyl (C=O) groups is 2. The number of hydrogen-bond acceptors (Lipinski definition) is 3. The van der Waals surface area contributed by atoms with E-state index < -0.39 is 11.4 Å². The van der Waals surface area contributed by atoms with E-state index in [0.717, 1.165) is 25.9 Å². The van der Waals surface area contributed by atoms with Crippen molar-refractivity contribution < 1.29 is 14.7 Å². The van der Waals surface area contributed by atoms with Gasteiger partial charge in [-0.1, -0.05) is 13.8 Å². The van der Waals surface area contributed by atoms with E-state index in [9.17, 15) is 9.59 Å². The number of likely N-dealkylation sites (tertiary alicyclic amines) is 1. The van der Waals surface area contributed by atoms with E-state index in [1.807, 2.05) is 25.8 Å². The summed E-state index contributed by atoms with van der Waals surface area (Å²) in [6.07, 6.45) is 2.32. The van der Waals surface area contributed by atoms with Crippen LogP contribution >= 0.6 is 0 Å². The topological polar surface area (TPSA) is 60.9 Å². The van der Waals surface area contributed by atoms with Crippen LogP contribution in [0.15, 0.2) is 0 Å². The molecule has 0 saturated carbocycles.